The van der Waals surface area contributed by atoms with Gasteiger partial charge in [-0.15, -0.1) is 0 Å². The van der Waals surface area contributed by atoms with E-state index in [9.17, 15) is 0 Å². The van der Waals surface area contributed by atoms with Gasteiger partial charge in [-0.25, -0.2) is 0 Å². The van der Waals surface area contributed by atoms with Crippen LogP contribution in [0.3, 0.4) is 0 Å². The highest BCUT2D eigenvalue weighted by Crippen LogP contribution is 2.00. The van der Waals surface area contributed by atoms with Crippen molar-refractivity contribution in [2.24, 2.45) is 7.05 Å². The van der Waals surface area contributed by atoms with Gasteiger partial charge in [0, 0.05) is 32.0 Å². The third-order valence-electron chi connectivity index (χ3n) is 2.20. The van der Waals surface area contributed by atoms with Gasteiger partial charge in [-0.3, -0.25) is 0 Å². The van der Waals surface area contributed by atoms with Crippen LogP contribution < -0.4 is 5.32 Å². The molecule has 0 spiro atoms. The number of nitrogens with zero attached hydrogens (tertiary/aromatic N) is 1. The molecule has 0 aliphatic carbocycles. The van der Waals surface area contributed by atoms with Gasteiger partial charge < -0.3 is 15.0 Å². The summed E-state index contributed by atoms with van der Waals surface area (Å²) in [6, 6.07) is 2.30. The topological polar surface area (TPSA) is 37.2 Å². The van der Waals surface area contributed by atoms with E-state index in [1.807, 2.05) is 17.8 Å². The third-order valence-corrected chi connectivity index (χ3v) is 2.20. The summed E-state index contributed by atoms with van der Waals surface area (Å²) < 4.78 is 2.02. The molecular weight excluding hydrogens is 164 g/mol. The van der Waals surface area contributed by atoms with Crippen molar-refractivity contribution >= 4 is 0 Å². The fraction of sp³-hybridized carbons (Fsp3) is 0.600. The second-order valence-electron chi connectivity index (χ2n) is 3.35. The lowest BCUT2D eigenvalue weighted by molar-refractivity contribution is 0.238. The van der Waals surface area contributed by atoms with Crippen LogP contribution in [-0.4, -0.2) is 22.3 Å². The Morgan fingerprint density at radius 3 is 2.85 bits per heavy atom. The van der Waals surface area contributed by atoms with Gasteiger partial charge >= 0.3 is 0 Å². The summed E-state index contributed by atoms with van der Waals surface area (Å²) in [4.78, 5) is 0. The predicted octanol–water partition coefficient (Wildman–Crippen LogP) is 0.886. The van der Waals surface area contributed by atoms with E-state index in [1.165, 1.54) is 5.56 Å². The highest BCUT2D eigenvalue weighted by atomic mass is 16.3. The number of rotatable bonds is 5. The molecule has 0 aliphatic rings. The van der Waals surface area contributed by atoms with Crippen molar-refractivity contribution < 1.29 is 5.11 Å². The Balaban J connectivity index is 2.33. The second kappa shape index (κ2) is 5.04. The molecule has 1 aromatic rings. The monoisotopic (exact) mass is 182 g/mol. The number of aromatic nitrogens is 1. The Morgan fingerprint density at radius 2 is 2.38 bits per heavy atom. The lowest BCUT2D eigenvalue weighted by Crippen LogP contribution is -2.30. The Morgan fingerprint density at radius 1 is 1.62 bits per heavy atom. The maximum absolute atomic E-state index is 8.94. The Bertz CT molecular complexity index is 241. The van der Waals surface area contributed by atoms with Crippen molar-refractivity contribution in [3.63, 3.8) is 0 Å². The predicted molar refractivity (Wildman–Crippen MR) is 53.4 cm³/mol. The molecule has 1 heterocycles. The summed E-state index contributed by atoms with van der Waals surface area (Å²) in [6.07, 6.45) is 5.07. The minimum Gasteiger partial charge on any atom is -0.395 e. The lowest BCUT2D eigenvalue weighted by atomic mass is 10.2. The van der Waals surface area contributed by atoms with E-state index < -0.39 is 0 Å². The summed E-state index contributed by atoms with van der Waals surface area (Å²) in [5, 5.41) is 12.2. The van der Waals surface area contributed by atoms with E-state index in [2.05, 4.69) is 24.5 Å². The fourth-order valence-corrected chi connectivity index (χ4v) is 1.27. The largest absolute Gasteiger partial charge is 0.395 e. The van der Waals surface area contributed by atoms with Crippen LogP contribution in [0.5, 0.6) is 0 Å². The van der Waals surface area contributed by atoms with Crippen LogP contribution in [0.2, 0.25) is 0 Å². The first-order chi connectivity index (χ1) is 6.26. The maximum Gasteiger partial charge on any atom is 0.0584 e. The third kappa shape index (κ3) is 3.20. The first kappa shape index (κ1) is 10.3. The summed E-state index contributed by atoms with van der Waals surface area (Å²) >= 11 is 0. The standard InChI is InChI=1S/C10H18N2O/c1-3-10(8-13)11-6-9-4-5-12(2)7-9/h4-5,7,10-11,13H,3,6,8H2,1-2H3. The molecule has 0 radical (unpaired) electrons. The normalized spacial score (nSPS) is 13.2. The van der Waals surface area contributed by atoms with E-state index in [0.29, 0.717) is 0 Å². The maximum atomic E-state index is 8.94. The molecule has 0 aliphatic heterocycles. The lowest BCUT2D eigenvalue weighted by Gasteiger charge is -2.12. The van der Waals surface area contributed by atoms with Gasteiger partial charge in [-0.05, 0) is 18.1 Å². The van der Waals surface area contributed by atoms with Gasteiger partial charge in [0.25, 0.3) is 0 Å². The SMILES string of the molecule is CCC(CO)NCc1ccn(C)c1. The minimum atomic E-state index is 0.212. The number of aliphatic hydroxyl groups is 1. The summed E-state index contributed by atoms with van der Waals surface area (Å²) in [5.74, 6) is 0. The zero-order chi connectivity index (χ0) is 9.68. The van der Waals surface area contributed by atoms with E-state index >= 15 is 0 Å². The second-order valence-corrected chi connectivity index (χ2v) is 3.35. The summed E-state index contributed by atoms with van der Waals surface area (Å²) in [5.41, 5.74) is 1.26. The number of aryl methyl sites for hydroxylation is 1. The number of nitrogens with one attached hydrogen (secondary N) is 1. The van der Waals surface area contributed by atoms with E-state index in [4.69, 9.17) is 5.11 Å². The molecule has 0 fully saturated rings. The first-order valence-corrected chi connectivity index (χ1v) is 4.71. The van der Waals surface area contributed by atoms with Crippen molar-refractivity contribution in [1.29, 1.82) is 0 Å². The van der Waals surface area contributed by atoms with E-state index in [1.54, 1.807) is 0 Å². The highest BCUT2D eigenvalue weighted by molar-refractivity contribution is 5.09. The van der Waals surface area contributed by atoms with Crippen molar-refractivity contribution in [2.75, 3.05) is 6.61 Å². The van der Waals surface area contributed by atoms with Crippen LogP contribution in [0.4, 0.5) is 0 Å². The number of hydrogen-bond acceptors (Lipinski definition) is 2. The van der Waals surface area contributed by atoms with Crippen LogP contribution in [0, 0.1) is 0 Å². The van der Waals surface area contributed by atoms with Gasteiger partial charge in [0.15, 0.2) is 0 Å². The zero-order valence-corrected chi connectivity index (χ0v) is 8.33. The van der Waals surface area contributed by atoms with Gasteiger partial charge in [0.1, 0.15) is 0 Å². The highest BCUT2D eigenvalue weighted by Gasteiger charge is 2.03. The Hall–Kier alpha value is -0.800. The molecular formula is C10H18N2O. The first-order valence-electron chi connectivity index (χ1n) is 4.71. The summed E-state index contributed by atoms with van der Waals surface area (Å²) in [7, 11) is 2.01. The van der Waals surface area contributed by atoms with Crippen molar-refractivity contribution in [3.05, 3.63) is 24.0 Å². The zero-order valence-electron chi connectivity index (χ0n) is 8.33. The van der Waals surface area contributed by atoms with Gasteiger partial charge in [-0.1, -0.05) is 6.92 Å². The van der Waals surface area contributed by atoms with Crippen molar-refractivity contribution in [1.82, 2.24) is 9.88 Å². The molecule has 0 amide bonds. The molecule has 1 atom stereocenters. The molecule has 0 aromatic carbocycles. The summed E-state index contributed by atoms with van der Waals surface area (Å²) in [6.45, 7) is 3.11. The van der Waals surface area contributed by atoms with Crippen LogP contribution in [0.25, 0.3) is 0 Å². The van der Waals surface area contributed by atoms with Gasteiger partial charge in [0.05, 0.1) is 6.61 Å². The van der Waals surface area contributed by atoms with Gasteiger partial charge in [-0.2, -0.15) is 0 Å². The van der Waals surface area contributed by atoms with E-state index in [0.717, 1.165) is 13.0 Å². The molecule has 3 heteroatoms. The van der Waals surface area contributed by atoms with Gasteiger partial charge in [0.2, 0.25) is 0 Å². The number of aliphatic hydroxyl groups excluding tert-OH is 1. The molecule has 1 aromatic heterocycles. The Labute approximate surface area is 79.4 Å². The number of hydrogen-bond donors (Lipinski definition) is 2. The van der Waals surface area contributed by atoms with E-state index in [-0.39, 0.29) is 12.6 Å². The molecule has 0 saturated heterocycles. The molecule has 74 valence electrons. The average Bonchev–Trinajstić information content (AvgIpc) is 2.53. The molecule has 0 saturated carbocycles. The average molecular weight is 182 g/mol. The Kier molecular flexibility index (Phi) is 3.99. The molecule has 2 N–H and O–H groups in total. The molecule has 1 unspecified atom stereocenters. The van der Waals surface area contributed by atoms with Crippen LogP contribution >= 0.6 is 0 Å². The molecule has 13 heavy (non-hydrogen) atoms. The molecule has 3 nitrogen and oxygen atoms in total. The smallest absolute Gasteiger partial charge is 0.0584 e. The van der Waals surface area contributed by atoms with Crippen LogP contribution in [0.15, 0.2) is 18.5 Å². The van der Waals surface area contributed by atoms with Crippen LogP contribution in [-0.2, 0) is 13.6 Å². The van der Waals surface area contributed by atoms with Crippen molar-refractivity contribution in [2.45, 2.75) is 25.9 Å². The van der Waals surface area contributed by atoms with Crippen LogP contribution in [0.1, 0.15) is 18.9 Å². The molecule has 1 rings (SSSR count). The molecule has 0 bridgehead atoms. The quantitative estimate of drug-likeness (QED) is 0.709. The minimum absolute atomic E-state index is 0.212. The van der Waals surface area contributed by atoms with Crippen molar-refractivity contribution in [3.8, 4) is 0 Å². The fourth-order valence-electron chi connectivity index (χ4n) is 1.27.